The van der Waals surface area contributed by atoms with E-state index in [1.165, 1.54) is 106 Å². The lowest BCUT2D eigenvalue weighted by molar-refractivity contribution is 0.530. The van der Waals surface area contributed by atoms with E-state index in [0.29, 0.717) is 0 Å². The van der Waals surface area contributed by atoms with Gasteiger partial charge in [-0.25, -0.2) is 0 Å². The summed E-state index contributed by atoms with van der Waals surface area (Å²) in [5.41, 5.74) is 18.4. The monoisotopic (exact) mass is 975 g/mol. The predicted octanol–water partition coefficient (Wildman–Crippen LogP) is 21.6. The zero-order chi connectivity index (χ0) is 54.6. The molecule has 388 valence electrons. The molecule has 2 nitrogen and oxygen atoms in total. The fourth-order valence-corrected chi connectivity index (χ4v) is 10.3. The summed E-state index contributed by atoms with van der Waals surface area (Å²) in [4.78, 5) is 5.29. The van der Waals surface area contributed by atoms with Crippen LogP contribution in [0.3, 0.4) is 0 Å². The molecule has 0 saturated heterocycles. The molecule has 7 rings (SSSR count). The van der Waals surface area contributed by atoms with E-state index in [-0.39, 0.29) is 43.3 Å². The Balaban J connectivity index is 1.77. The van der Waals surface area contributed by atoms with Gasteiger partial charge in [0.15, 0.2) is 0 Å². The number of nitrogens with zero attached hydrogens (tertiary/aromatic N) is 2. The third-order valence-electron chi connectivity index (χ3n) is 15.2. The molecule has 2 heteroatoms. The summed E-state index contributed by atoms with van der Waals surface area (Å²) < 4.78 is 0. The third kappa shape index (κ3) is 11.5. The van der Waals surface area contributed by atoms with Gasteiger partial charge in [0.2, 0.25) is 0 Å². The van der Waals surface area contributed by atoms with Crippen LogP contribution in [-0.2, 0) is 43.3 Å². The molecule has 0 N–H and O–H groups in total. The van der Waals surface area contributed by atoms with E-state index in [4.69, 9.17) is 0 Å². The lowest BCUT2D eigenvalue weighted by Gasteiger charge is -2.37. The van der Waals surface area contributed by atoms with Crippen LogP contribution in [0.5, 0.6) is 0 Å². The molecule has 0 aliphatic carbocycles. The van der Waals surface area contributed by atoms with Crippen LogP contribution in [-0.4, -0.2) is 0 Å². The molecule has 0 bridgehead atoms. The largest absolute Gasteiger partial charge is 0.309 e. The van der Waals surface area contributed by atoms with Gasteiger partial charge in [-0.2, -0.15) is 0 Å². The highest BCUT2D eigenvalue weighted by Crippen LogP contribution is 2.54. The Morgan fingerprint density at radius 2 is 0.548 bits per heavy atom. The topological polar surface area (TPSA) is 6.48 Å². The molecule has 73 heavy (non-hydrogen) atoms. The summed E-state index contributed by atoms with van der Waals surface area (Å²) in [7, 11) is 0. The van der Waals surface area contributed by atoms with Gasteiger partial charge in [0.05, 0.1) is 11.4 Å². The third-order valence-corrected chi connectivity index (χ3v) is 15.2. The number of aryl methyl sites for hydroxylation is 1. The SMILES string of the molecule is Cc1ccc2c(N(c3cc(C(C)(C)C)cc(C(C)(C)C)c3)c3cc(C(C)(C)C)cc(C(C)(C)C)c3)c3ccccc3c(N(c3cc(C(C)(C)C)cc(C(C)(C)C)c3)c3ccc(C(C)(C)C)c(C(C)(C)C)c3)c2c1. The second kappa shape index (κ2) is 18.5. The Bertz CT molecular complexity index is 3020. The van der Waals surface area contributed by atoms with Crippen molar-refractivity contribution in [3.05, 3.63) is 165 Å². The zero-order valence-electron chi connectivity index (χ0n) is 50.4. The molecule has 0 aliphatic rings. The van der Waals surface area contributed by atoms with Crippen molar-refractivity contribution < 1.29 is 0 Å². The molecule has 0 aromatic heterocycles. The number of hydrogen-bond donors (Lipinski definition) is 0. The molecule has 0 aliphatic heterocycles. The van der Waals surface area contributed by atoms with Gasteiger partial charge >= 0.3 is 0 Å². The van der Waals surface area contributed by atoms with Gasteiger partial charge in [-0.1, -0.05) is 232 Å². The Hall–Kier alpha value is -5.34. The van der Waals surface area contributed by atoms with E-state index >= 15 is 0 Å². The van der Waals surface area contributed by atoms with Gasteiger partial charge in [-0.3, -0.25) is 0 Å². The Labute approximate surface area is 445 Å². The molecule has 7 aromatic rings. The van der Waals surface area contributed by atoms with Crippen LogP contribution in [0, 0.1) is 6.92 Å². The van der Waals surface area contributed by atoms with Crippen LogP contribution in [0.25, 0.3) is 21.5 Å². The minimum absolute atomic E-state index is 0.0343. The van der Waals surface area contributed by atoms with E-state index in [0.717, 1.165) is 0 Å². The first-order valence-electron chi connectivity index (χ1n) is 27.3. The standard InChI is InChI=1S/C71H94N2/c1-45-30-32-58-59(34-45)63(72(52-31-33-60(70(20,21)22)61(44-52)71(23,24)25)53-38-46(64(2,3)4)35-47(39-53)65(5,6)7)57-29-27-26-28-56(57)62(58)73(54-40-48(66(8,9)10)36-49(41-54)67(11,12)13)55-42-50(68(14,15)16)37-51(43-55)69(17,18)19/h26-44H,1-25H3. The van der Waals surface area contributed by atoms with Gasteiger partial charge in [-0.15, -0.1) is 0 Å². The number of anilines is 6. The number of hydrogen-bond acceptors (Lipinski definition) is 2. The molecule has 7 aromatic carbocycles. The van der Waals surface area contributed by atoms with Gasteiger partial charge in [0, 0.05) is 44.3 Å². The molecule has 0 spiro atoms. The quantitative estimate of drug-likeness (QED) is 0.121. The molecular formula is C71H94N2. The summed E-state index contributed by atoms with van der Waals surface area (Å²) in [6, 6.07) is 46.2. The molecule has 0 radical (unpaired) electrons. The van der Waals surface area contributed by atoms with Gasteiger partial charge < -0.3 is 9.80 Å². The second-order valence-corrected chi connectivity index (χ2v) is 30.0. The maximum atomic E-state index is 2.65. The minimum Gasteiger partial charge on any atom is -0.309 e. The molecular weight excluding hydrogens is 881 g/mol. The van der Waals surface area contributed by atoms with Crippen LogP contribution >= 0.6 is 0 Å². The van der Waals surface area contributed by atoms with Crippen molar-refractivity contribution in [3.63, 3.8) is 0 Å². The van der Waals surface area contributed by atoms with Crippen molar-refractivity contribution >= 4 is 55.7 Å². The van der Waals surface area contributed by atoms with Crippen LogP contribution in [0.1, 0.15) is 216 Å². The van der Waals surface area contributed by atoms with E-state index in [1.54, 1.807) is 0 Å². The van der Waals surface area contributed by atoms with Gasteiger partial charge in [0.25, 0.3) is 0 Å². The smallest absolute Gasteiger partial charge is 0.0620 e. The van der Waals surface area contributed by atoms with Crippen molar-refractivity contribution in [1.82, 2.24) is 0 Å². The van der Waals surface area contributed by atoms with E-state index < -0.39 is 0 Å². The van der Waals surface area contributed by atoms with Crippen LogP contribution in [0.15, 0.2) is 115 Å². The van der Waals surface area contributed by atoms with Gasteiger partial charge in [0.1, 0.15) is 0 Å². The first-order chi connectivity index (χ1) is 33.2. The number of benzene rings is 7. The highest BCUT2D eigenvalue weighted by Gasteiger charge is 2.33. The summed E-state index contributed by atoms with van der Waals surface area (Å²) in [6.07, 6.45) is 0. The van der Waals surface area contributed by atoms with E-state index in [1.807, 2.05) is 0 Å². The van der Waals surface area contributed by atoms with Crippen molar-refractivity contribution in [3.8, 4) is 0 Å². The molecule has 0 heterocycles. The average molecular weight is 976 g/mol. The first kappa shape index (κ1) is 55.4. The van der Waals surface area contributed by atoms with Crippen LogP contribution < -0.4 is 9.80 Å². The van der Waals surface area contributed by atoms with Crippen molar-refractivity contribution in [2.75, 3.05) is 9.80 Å². The summed E-state index contributed by atoms with van der Waals surface area (Å²) in [5.74, 6) is 0. The van der Waals surface area contributed by atoms with Crippen LogP contribution in [0.2, 0.25) is 0 Å². The maximum Gasteiger partial charge on any atom is 0.0620 e. The Morgan fingerprint density at radius 3 is 0.863 bits per heavy atom. The molecule has 0 fully saturated rings. The van der Waals surface area contributed by atoms with Crippen molar-refractivity contribution in [1.29, 1.82) is 0 Å². The Kier molecular flexibility index (Phi) is 14.0. The summed E-state index contributed by atoms with van der Waals surface area (Å²) >= 11 is 0. The lowest BCUT2D eigenvalue weighted by atomic mass is 9.75. The zero-order valence-corrected chi connectivity index (χ0v) is 50.4. The van der Waals surface area contributed by atoms with E-state index in [2.05, 4.69) is 298 Å². The highest BCUT2D eigenvalue weighted by atomic mass is 15.2. The van der Waals surface area contributed by atoms with Crippen molar-refractivity contribution in [2.45, 2.75) is 216 Å². The number of fused-ring (bicyclic) bond motifs is 2. The second-order valence-electron chi connectivity index (χ2n) is 30.0. The van der Waals surface area contributed by atoms with E-state index in [9.17, 15) is 0 Å². The molecule has 0 amide bonds. The molecule has 0 unspecified atom stereocenters. The van der Waals surface area contributed by atoms with Crippen LogP contribution in [0.4, 0.5) is 34.1 Å². The molecule has 0 saturated carbocycles. The predicted molar refractivity (Wildman–Crippen MR) is 325 cm³/mol. The maximum absolute atomic E-state index is 2.65. The van der Waals surface area contributed by atoms with Gasteiger partial charge in [-0.05, 0) is 149 Å². The average Bonchev–Trinajstić information content (AvgIpc) is 3.24. The minimum atomic E-state index is -0.0970. The normalized spacial score (nSPS) is 13.5. The molecule has 0 atom stereocenters. The highest BCUT2D eigenvalue weighted by molar-refractivity contribution is 6.23. The summed E-state index contributed by atoms with van der Waals surface area (Å²) in [5, 5.41) is 4.86. The Morgan fingerprint density at radius 1 is 0.247 bits per heavy atom. The fraction of sp³-hybridized carbons (Fsp3) is 0.465. The summed E-state index contributed by atoms with van der Waals surface area (Å²) in [6.45, 7) is 58.9. The lowest BCUT2D eigenvalue weighted by Crippen LogP contribution is -2.23. The van der Waals surface area contributed by atoms with Crippen molar-refractivity contribution in [2.24, 2.45) is 0 Å². The first-order valence-corrected chi connectivity index (χ1v) is 27.3. The number of rotatable bonds is 6. The fourth-order valence-electron chi connectivity index (χ4n) is 10.3.